The molecule has 274 valence electrons. The molecule has 2 aromatic heterocycles. The fourth-order valence-corrected chi connectivity index (χ4v) is 5.13. The number of H-pyrrole nitrogens is 1. The average Bonchev–Trinajstić information content (AvgIpc) is 3.43. The lowest BCUT2D eigenvalue weighted by molar-refractivity contribution is -0.274. The molecule has 4 rings (SSSR count). The van der Waals surface area contributed by atoms with Crippen molar-refractivity contribution >= 4 is 17.0 Å². The van der Waals surface area contributed by atoms with Crippen molar-refractivity contribution in [2.45, 2.75) is 97.4 Å². The summed E-state index contributed by atoms with van der Waals surface area (Å²) in [4.78, 5) is 24.0. The highest BCUT2D eigenvalue weighted by Gasteiger charge is 2.31. The van der Waals surface area contributed by atoms with Crippen LogP contribution in [-0.2, 0) is 17.3 Å². The van der Waals surface area contributed by atoms with Crippen molar-refractivity contribution < 1.29 is 17.9 Å². The number of aliphatic imine (C=N–C) groups is 1. The van der Waals surface area contributed by atoms with Crippen LogP contribution in [0.2, 0.25) is 0 Å². The van der Waals surface area contributed by atoms with Gasteiger partial charge in [0.05, 0.1) is 5.69 Å². The van der Waals surface area contributed by atoms with Crippen LogP contribution in [0.3, 0.4) is 0 Å². The SMILES string of the molecule is CC(C)(C)c1cc(CCCCN)cc(OC(F)(F)F)c1.C[C@@H](NCCCN=C(N)N)c1ccc(-n2cc3cc(C(C)(C)C)[nH]c3nc2=O)cc1. The number of hydrogen-bond donors (Lipinski definition) is 5. The molecule has 13 heteroatoms. The summed E-state index contributed by atoms with van der Waals surface area (Å²) < 4.78 is 42.8. The maximum absolute atomic E-state index is 12.6. The van der Waals surface area contributed by atoms with Gasteiger partial charge in [-0.2, -0.15) is 4.98 Å². The number of alkyl halides is 3. The number of unbranched alkanes of at least 4 members (excludes halogenated alkanes) is 1. The molecule has 0 fully saturated rings. The predicted octanol–water partition coefficient (Wildman–Crippen LogP) is 6.49. The Balaban J connectivity index is 0.000000295. The van der Waals surface area contributed by atoms with Crippen LogP contribution in [0, 0.1) is 0 Å². The number of rotatable bonds is 12. The minimum Gasteiger partial charge on any atom is -0.406 e. The number of aromatic amines is 1. The molecule has 0 amide bonds. The molecule has 0 unspecified atom stereocenters. The molecule has 10 nitrogen and oxygen atoms in total. The Morgan fingerprint density at radius 1 is 0.980 bits per heavy atom. The molecule has 0 saturated heterocycles. The molecule has 0 radical (unpaired) electrons. The summed E-state index contributed by atoms with van der Waals surface area (Å²) in [5.74, 6) is -0.0245. The summed E-state index contributed by atoms with van der Waals surface area (Å²) in [6.07, 6.45) is 0.455. The predicted molar refractivity (Wildman–Crippen MR) is 196 cm³/mol. The number of aryl methyl sites for hydroxylation is 1. The molecular weight excluding hydrogens is 645 g/mol. The number of nitrogens with zero attached hydrogens (tertiary/aromatic N) is 3. The van der Waals surface area contributed by atoms with E-state index in [1.54, 1.807) is 4.57 Å². The van der Waals surface area contributed by atoms with Gasteiger partial charge >= 0.3 is 12.1 Å². The first-order valence-corrected chi connectivity index (χ1v) is 16.9. The molecule has 50 heavy (non-hydrogen) atoms. The number of halogens is 3. The lowest BCUT2D eigenvalue weighted by Gasteiger charge is -2.21. The third-order valence-electron chi connectivity index (χ3n) is 8.05. The highest BCUT2D eigenvalue weighted by Crippen LogP contribution is 2.31. The molecule has 0 spiro atoms. The fraction of sp³-hybridized carbons (Fsp3) is 0.486. The second-order valence-corrected chi connectivity index (χ2v) is 14.5. The molecule has 8 N–H and O–H groups in total. The summed E-state index contributed by atoms with van der Waals surface area (Å²) in [7, 11) is 0. The van der Waals surface area contributed by atoms with E-state index < -0.39 is 6.36 Å². The van der Waals surface area contributed by atoms with E-state index in [0.717, 1.165) is 59.3 Å². The minimum atomic E-state index is -4.66. The van der Waals surface area contributed by atoms with Crippen molar-refractivity contribution in [2.24, 2.45) is 22.2 Å². The molecule has 1 atom stereocenters. The summed E-state index contributed by atoms with van der Waals surface area (Å²) in [6.45, 7) is 16.4. The molecule has 0 saturated carbocycles. The van der Waals surface area contributed by atoms with E-state index in [1.165, 1.54) is 12.1 Å². The highest BCUT2D eigenvalue weighted by molar-refractivity contribution is 5.76. The van der Waals surface area contributed by atoms with Crippen molar-refractivity contribution in [3.05, 3.63) is 87.6 Å². The van der Waals surface area contributed by atoms with Gasteiger partial charge in [-0.05, 0) is 98.1 Å². The first kappa shape index (κ1) is 40.1. The van der Waals surface area contributed by atoms with Gasteiger partial charge in [0.1, 0.15) is 11.4 Å². The van der Waals surface area contributed by atoms with Crippen molar-refractivity contribution in [1.29, 1.82) is 0 Å². The van der Waals surface area contributed by atoms with E-state index in [2.05, 4.69) is 58.8 Å². The van der Waals surface area contributed by atoms with Gasteiger partial charge in [0.25, 0.3) is 0 Å². The molecule has 0 aliphatic heterocycles. The minimum absolute atomic E-state index is 0.0390. The van der Waals surface area contributed by atoms with Crippen LogP contribution in [-0.4, -0.2) is 46.5 Å². The second-order valence-electron chi connectivity index (χ2n) is 14.5. The van der Waals surface area contributed by atoms with E-state index in [-0.39, 0.29) is 34.3 Å². The van der Waals surface area contributed by atoms with E-state index in [4.69, 9.17) is 17.2 Å². The number of guanidine groups is 1. The normalized spacial score (nSPS) is 12.7. The molecule has 0 aliphatic rings. The van der Waals surface area contributed by atoms with E-state index in [1.807, 2.05) is 57.3 Å². The molecule has 0 aliphatic carbocycles. The van der Waals surface area contributed by atoms with Crippen LogP contribution in [0.15, 0.2) is 64.5 Å². The third kappa shape index (κ3) is 12.5. The average molecular weight is 699 g/mol. The first-order chi connectivity index (χ1) is 23.3. The number of nitrogens with two attached hydrogens (primary N) is 3. The maximum Gasteiger partial charge on any atom is 0.573 e. The van der Waals surface area contributed by atoms with Crippen molar-refractivity contribution in [3.63, 3.8) is 0 Å². The molecule has 2 aromatic carbocycles. The van der Waals surface area contributed by atoms with Crippen molar-refractivity contribution in [3.8, 4) is 11.4 Å². The Bertz CT molecular complexity index is 1760. The fourth-order valence-electron chi connectivity index (χ4n) is 5.13. The number of aromatic nitrogens is 3. The second kappa shape index (κ2) is 17.0. The zero-order chi connectivity index (χ0) is 37.3. The van der Waals surface area contributed by atoms with Gasteiger partial charge in [-0.25, -0.2) is 4.79 Å². The Labute approximate surface area is 292 Å². The number of hydrogen-bond acceptors (Lipinski definition) is 6. The molecule has 4 aromatic rings. The highest BCUT2D eigenvalue weighted by atomic mass is 19.4. The number of benzene rings is 2. The van der Waals surface area contributed by atoms with Crippen LogP contribution in [0.1, 0.15) is 96.2 Å². The van der Waals surface area contributed by atoms with Gasteiger partial charge in [0.15, 0.2) is 5.96 Å². The zero-order valence-electron chi connectivity index (χ0n) is 30.2. The number of fused-ring (bicyclic) bond motifs is 1. The summed E-state index contributed by atoms with van der Waals surface area (Å²) in [6, 6.07) is 15.0. The van der Waals surface area contributed by atoms with Crippen LogP contribution in [0.25, 0.3) is 16.7 Å². The number of ether oxygens (including phenoxy) is 1. The maximum atomic E-state index is 12.6. The van der Waals surface area contributed by atoms with E-state index in [9.17, 15) is 18.0 Å². The van der Waals surface area contributed by atoms with Gasteiger partial charge in [-0.3, -0.25) is 9.56 Å². The third-order valence-corrected chi connectivity index (χ3v) is 8.05. The van der Waals surface area contributed by atoms with E-state index in [0.29, 0.717) is 25.2 Å². The molecule has 2 heterocycles. The van der Waals surface area contributed by atoms with Gasteiger partial charge in [-0.1, -0.05) is 59.7 Å². The Hall–Kier alpha value is -4.36. The Morgan fingerprint density at radius 3 is 2.24 bits per heavy atom. The largest absolute Gasteiger partial charge is 0.573 e. The summed E-state index contributed by atoms with van der Waals surface area (Å²) in [5.41, 5.74) is 20.8. The van der Waals surface area contributed by atoms with Gasteiger partial charge < -0.3 is 32.2 Å². The van der Waals surface area contributed by atoms with E-state index >= 15 is 0 Å². The number of nitrogens with one attached hydrogen (secondary N) is 2. The smallest absolute Gasteiger partial charge is 0.406 e. The van der Waals surface area contributed by atoms with Crippen molar-refractivity contribution in [1.82, 2.24) is 19.9 Å². The summed E-state index contributed by atoms with van der Waals surface area (Å²) in [5, 5.41) is 4.36. The van der Waals surface area contributed by atoms with Crippen molar-refractivity contribution in [2.75, 3.05) is 19.6 Å². The standard InChI is InChI=1S/C22H31N7O.C15H22F3NO/c1-14(25-10-5-11-26-20(23)24)15-6-8-17(9-7-15)29-13-16-12-18(22(2,3)4)27-19(16)28-21(29)30;1-14(2,3)12-8-11(6-4-5-7-19)9-13(10-12)20-15(16,17)18/h6-9,12-14,25H,5,10-11H2,1-4H3,(H4,23,24,26)(H,27,28,30);8-10H,4-7,19H2,1-3H3/t14-;/m1./s1. The van der Waals surface area contributed by atoms with Crippen LogP contribution in [0.4, 0.5) is 13.2 Å². The lowest BCUT2D eigenvalue weighted by Crippen LogP contribution is -2.24. The van der Waals surface area contributed by atoms with Crippen LogP contribution >= 0.6 is 0 Å². The lowest BCUT2D eigenvalue weighted by atomic mass is 9.85. The van der Waals surface area contributed by atoms with Gasteiger partial charge in [0.2, 0.25) is 0 Å². The zero-order valence-corrected chi connectivity index (χ0v) is 30.2. The quantitative estimate of drug-likeness (QED) is 0.0642. The monoisotopic (exact) mass is 698 g/mol. The Morgan fingerprint density at radius 2 is 1.66 bits per heavy atom. The van der Waals surface area contributed by atoms with Crippen LogP contribution < -0.4 is 32.9 Å². The topological polar surface area (TPSA) is 162 Å². The molecule has 0 bridgehead atoms. The van der Waals surface area contributed by atoms with Gasteiger partial charge in [-0.15, -0.1) is 13.2 Å². The van der Waals surface area contributed by atoms with Crippen LogP contribution in [0.5, 0.6) is 5.75 Å². The van der Waals surface area contributed by atoms with Gasteiger partial charge in [0, 0.05) is 35.3 Å². The first-order valence-electron chi connectivity index (χ1n) is 16.9. The summed E-state index contributed by atoms with van der Waals surface area (Å²) >= 11 is 0. The Kier molecular flexibility index (Phi) is 13.7. The molecular formula is C37H53F3N8O2.